The molecule has 13 heavy (non-hydrogen) atoms. The lowest BCUT2D eigenvalue weighted by Crippen LogP contribution is -2.31. The SMILES string of the molecule is CC1CC(=O)N(CCCCCl)C1=O. The third-order valence-electron chi connectivity index (χ3n) is 2.23. The van der Waals surface area contributed by atoms with Crippen molar-refractivity contribution in [3.8, 4) is 0 Å². The van der Waals surface area contributed by atoms with Crippen molar-refractivity contribution in [2.24, 2.45) is 5.92 Å². The Labute approximate surface area is 83.0 Å². The molecule has 1 aliphatic heterocycles. The number of imide groups is 1. The van der Waals surface area contributed by atoms with E-state index in [0.717, 1.165) is 12.8 Å². The number of alkyl halides is 1. The Morgan fingerprint density at radius 2 is 2.15 bits per heavy atom. The summed E-state index contributed by atoms with van der Waals surface area (Å²) in [5.74, 6) is 0.404. The van der Waals surface area contributed by atoms with Gasteiger partial charge in [-0.05, 0) is 12.8 Å². The molecule has 0 aromatic carbocycles. The largest absolute Gasteiger partial charge is 0.282 e. The third kappa shape index (κ3) is 2.44. The molecule has 1 rings (SSSR count). The van der Waals surface area contributed by atoms with E-state index < -0.39 is 0 Å². The molecule has 1 unspecified atom stereocenters. The molecule has 0 radical (unpaired) electrons. The van der Waals surface area contributed by atoms with Crippen molar-refractivity contribution in [1.29, 1.82) is 0 Å². The Bertz CT molecular complexity index is 218. The predicted octanol–water partition coefficient (Wildman–Crippen LogP) is 1.40. The molecule has 1 fully saturated rings. The fourth-order valence-electron chi connectivity index (χ4n) is 1.45. The van der Waals surface area contributed by atoms with Gasteiger partial charge in [0.15, 0.2) is 0 Å². The number of amides is 2. The van der Waals surface area contributed by atoms with Gasteiger partial charge in [-0.25, -0.2) is 0 Å². The van der Waals surface area contributed by atoms with Crippen molar-refractivity contribution >= 4 is 23.4 Å². The molecule has 0 spiro atoms. The molecule has 0 N–H and O–H groups in total. The summed E-state index contributed by atoms with van der Waals surface area (Å²) in [5, 5.41) is 0. The van der Waals surface area contributed by atoms with Gasteiger partial charge < -0.3 is 0 Å². The summed E-state index contributed by atoms with van der Waals surface area (Å²) in [6.45, 7) is 2.33. The van der Waals surface area contributed by atoms with Crippen LogP contribution in [0.5, 0.6) is 0 Å². The van der Waals surface area contributed by atoms with Crippen LogP contribution in [0.3, 0.4) is 0 Å². The standard InChI is InChI=1S/C9H14ClNO2/c1-7-6-8(12)11(9(7)13)5-3-2-4-10/h7H,2-6H2,1H3. The number of unbranched alkanes of at least 4 members (excludes halogenated alkanes) is 1. The molecular formula is C9H14ClNO2. The van der Waals surface area contributed by atoms with Crippen LogP contribution in [-0.4, -0.2) is 29.1 Å². The van der Waals surface area contributed by atoms with E-state index in [4.69, 9.17) is 11.6 Å². The molecule has 3 nitrogen and oxygen atoms in total. The normalized spacial score (nSPS) is 22.9. The Morgan fingerprint density at radius 3 is 2.62 bits per heavy atom. The highest BCUT2D eigenvalue weighted by Gasteiger charge is 2.34. The second-order valence-corrected chi connectivity index (χ2v) is 3.76. The molecule has 4 heteroatoms. The van der Waals surface area contributed by atoms with Crippen LogP contribution in [0.15, 0.2) is 0 Å². The van der Waals surface area contributed by atoms with E-state index >= 15 is 0 Å². The first-order chi connectivity index (χ1) is 6.16. The number of carbonyl (C=O) groups is 2. The molecule has 0 aromatic rings. The molecule has 1 aliphatic rings. The van der Waals surface area contributed by atoms with Crippen LogP contribution in [0.1, 0.15) is 26.2 Å². The number of nitrogens with zero attached hydrogens (tertiary/aromatic N) is 1. The molecule has 1 heterocycles. The fraction of sp³-hybridized carbons (Fsp3) is 0.778. The van der Waals surface area contributed by atoms with E-state index in [2.05, 4.69) is 0 Å². The lowest BCUT2D eigenvalue weighted by molar-refractivity contribution is -0.139. The van der Waals surface area contributed by atoms with Gasteiger partial charge in [0.25, 0.3) is 0 Å². The fourth-order valence-corrected chi connectivity index (χ4v) is 1.64. The van der Waals surface area contributed by atoms with Crippen molar-refractivity contribution in [3.05, 3.63) is 0 Å². The zero-order valence-electron chi connectivity index (χ0n) is 7.75. The maximum atomic E-state index is 11.4. The maximum absolute atomic E-state index is 11.4. The molecular weight excluding hydrogens is 190 g/mol. The quantitative estimate of drug-likeness (QED) is 0.394. The van der Waals surface area contributed by atoms with Crippen molar-refractivity contribution in [2.75, 3.05) is 12.4 Å². The van der Waals surface area contributed by atoms with Crippen LogP contribution < -0.4 is 0 Å². The minimum Gasteiger partial charge on any atom is -0.282 e. The van der Waals surface area contributed by atoms with Gasteiger partial charge >= 0.3 is 0 Å². The Hall–Kier alpha value is -0.570. The first kappa shape index (κ1) is 10.5. The smallest absolute Gasteiger partial charge is 0.232 e. The van der Waals surface area contributed by atoms with Gasteiger partial charge in [0.2, 0.25) is 11.8 Å². The van der Waals surface area contributed by atoms with E-state index in [1.165, 1.54) is 4.90 Å². The van der Waals surface area contributed by atoms with Gasteiger partial charge in [-0.3, -0.25) is 14.5 Å². The summed E-state index contributed by atoms with van der Waals surface area (Å²) in [7, 11) is 0. The van der Waals surface area contributed by atoms with Crippen molar-refractivity contribution in [1.82, 2.24) is 4.90 Å². The van der Waals surface area contributed by atoms with Gasteiger partial charge in [-0.1, -0.05) is 6.92 Å². The first-order valence-corrected chi connectivity index (χ1v) is 5.10. The van der Waals surface area contributed by atoms with Crippen molar-refractivity contribution in [2.45, 2.75) is 26.2 Å². The van der Waals surface area contributed by atoms with Crippen molar-refractivity contribution in [3.63, 3.8) is 0 Å². The summed E-state index contributed by atoms with van der Waals surface area (Å²) >= 11 is 5.50. The Morgan fingerprint density at radius 1 is 1.46 bits per heavy atom. The molecule has 0 aliphatic carbocycles. The molecule has 74 valence electrons. The number of likely N-dealkylation sites (tertiary alicyclic amines) is 1. The zero-order chi connectivity index (χ0) is 9.84. The highest BCUT2D eigenvalue weighted by Crippen LogP contribution is 2.18. The van der Waals surface area contributed by atoms with Gasteiger partial charge in [-0.2, -0.15) is 0 Å². The molecule has 0 saturated carbocycles. The minimum atomic E-state index is -0.122. The first-order valence-electron chi connectivity index (χ1n) is 4.57. The van der Waals surface area contributed by atoms with E-state index in [1.807, 2.05) is 0 Å². The van der Waals surface area contributed by atoms with Gasteiger partial charge in [0, 0.05) is 24.8 Å². The second kappa shape index (κ2) is 4.61. The monoisotopic (exact) mass is 203 g/mol. The van der Waals surface area contributed by atoms with Crippen LogP contribution >= 0.6 is 11.6 Å². The van der Waals surface area contributed by atoms with Crippen LogP contribution in [0.25, 0.3) is 0 Å². The van der Waals surface area contributed by atoms with E-state index in [9.17, 15) is 9.59 Å². The highest BCUT2D eigenvalue weighted by atomic mass is 35.5. The number of halogens is 1. The Balaban J connectivity index is 2.40. The van der Waals surface area contributed by atoms with Crippen LogP contribution in [0.2, 0.25) is 0 Å². The summed E-state index contributed by atoms with van der Waals surface area (Å²) in [4.78, 5) is 24.0. The molecule has 1 saturated heterocycles. The predicted molar refractivity (Wildman–Crippen MR) is 50.5 cm³/mol. The van der Waals surface area contributed by atoms with Crippen molar-refractivity contribution < 1.29 is 9.59 Å². The average molecular weight is 204 g/mol. The number of hydrogen-bond acceptors (Lipinski definition) is 2. The molecule has 1 atom stereocenters. The lowest BCUT2D eigenvalue weighted by atomic mass is 10.1. The molecule has 2 amide bonds. The summed E-state index contributed by atoms with van der Waals surface area (Å²) in [6, 6.07) is 0. The van der Waals surface area contributed by atoms with Crippen LogP contribution in [-0.2, 0) is 9.59 Å². The minimum absolute atomic E-state index is 0.0282. The number of rotatable bonds is 4. The van der Waals surface area contributed by atoms with Gasteiger partial charge in [0.1, 0.15) is 0 Å². The highest BCUT2D eigenvalue weighted by molar-refractivity contribution is 6.17. The van der Waals surface area contributed by atoms with Crippen LogP contribution in [0.4, 0.5) is 0 Å². The maximum Gasteiger partial charge on any atom is 0.232 e. The van der Waals surface area contributed by atoms with E-state index in [-0.39, 0.29) is 17.7 Å². The Kier molecular flexibility index (Phi) is 3.72. The van der Waals surface area contributed by atoms with E-state index in [0.29, 0.717) is 18.8 Å². The molecule has 0 bridgehead atoms. The number of carbonyl (C=O) groups excluding carboxylic acids is 2. The summed E-state index contributed by atoms with van der Waals surface area (Å²) in [5.41, 5.74) is 0. The molecule has 0 aromatic heterocycles. The second-order valence-electron chi connectivity index (χ2n) is 3.38. The van der Waals surface area contributed by atoms with Gasteiger partial charge in [-0.15, -0.1) is 11.6 Å². The summed E-state index contributed by atoms with van der Waals surface area (Å²) in [6.07, 6.45) is 2.04. The number of hydrogen-bond donors (Lipinski definition) is 0. The van der Waals surface area contributed by atoms with Crippen LogP contribution in [0, 0.1) is 5.92 Å². The van der Waals surface area contributed by atoms with E-state index in [1.54, 1.807) is 6.92 Å². The third-order valence-corrected chi connectivity index (χ3v) is 2.50. The lowest BCUT2D eigenvalue weighted by Gasteiger charge is -2.13. The zero-order valence-corrected chi connectivity index (χ0v) is 8.51. The topological polar surface area (TPSA) is 37.4 Å². The average Bonchev–Trinajstić information content (AvgIpc) is 2.32. The van der Waals surface area contributed by atoms with Gasteiger partial charge in [0.05, 0.1) is 0 Å². The summed E-state index contributed by atoms with van der Waals surface area (Å²) < 4.78 is 0.